The van der Waals surface area contributed by atoms with Gasteiger partial charge in [0.1, 0.15) is 6.61 Å². The number of nitrogens with one attached hydrogen (secondary N) is 1. The molecule has 1 heterocycles. The lowest BCUT2D eigenvalue weighted by Gasteiger charge is -2.29. The van der Waals surface area contributed by atoms with Crippen LogP contribution in [0.2, 0.25) is 0 Å². The monoisotopic (exact) mass is 356 g/mol. The molecule has 2 amide bonds. The molecule has 138 valence electrons. The van der Waals surface area contributed by atoms with Gasteiger partial charge < -0.3 is 24.4 Å². The zero-order valence-corrected chi connectivity index (χ0v) is 15.2. The number of methoxy groups -OCH3 is 2. The molecule has 1 aliphatic heterocycles. The highest BCUT2D eigenvalue weighted by atomic mass is 16.5. The van der Waals surface area contributed by atoms with E-state index < -0.39 is 0 Å². The van der Waals surface area contributed by atoms with Crippen LogP contribution in [0.5, 0.6) is 17.2 Å². The fourth-order valence-corrected chi connectivity index (χ4v) is 3.07. The van der Waals surface area contributed by atoms with Crippen LogP contribution in [0.1, 0.15) is 11.1 Å². The van der Waals surface area contributed by atoms with Crippen molar-refractivity contribution in [3.05, 3.63) is 53.6 Å². The van der Waals surface area contributed by atoms with E-state index in [0.29, 0.717) is 36.9 Å². The predicted octanol–water partition coefficient (Wildman–Crippen LogP) is 2.85. The molecule has 0 aromatic heterocycles. The van der Waals surface area contributed by atoms with Gasteiger partial charge in [-0.2, -0.15) is 0 Å². The van der Waals surface area contributed by atoms with Gasteiger partial charge in [-0.05, 0) is 29.7 Å². The molecule has 0 radical (unpaired) electrons. The van der Waals surface area contributed by atoms with Gasteiger partial charge in [-0.25, -0.2) is 4.79 Å². The van der Waals surface area contributed by atoms with Gasteiger partial charge in [0.25, 0.3) is 0 Å². The zero-order valence-electron chi connectivity index (χ0n) is 15.2. The maximum Gasteiger partial charge on any atom is 0.317 e. The van der Waals surface area contributed by atoms with Gasteiger partial charge in [-0.3, -0.25) is 0 Å². The van der Waals surface area contributed by atoms with Crippen molar-refractivity contribution in [3.63, 3.8) is 0 Å². The van der Waals surface area contributed by atoms with E-state index in [1.54, 1.807) is 14.2 Å². The number of rotatable bonds is 6. The lowest BCUT2D eigenvalue weighted by molar-refractivity contribution is 0.189. The summed E-state index contributed by atoms with van der Waals surface area (Å²) in [4.78, 5) is 14.2. The summed E-state index contributed by atoms with van der Waals surface area (Å²) in [5, 5.41) is 2.91. The van der Waals surface area contributed by atoms with Crippen LogP contribution in [0, 0.1) is 0 Å². The lowest BCUT2D eigenvalue weighted by atomic mass is 10.0. The van der Waals surface area contributed by atoms with Crippen LogP contribution >= 0.6 is 0 Å². The topological polar surface area (TPSA) is 60.0 Å². The van der Waals surface area contributed by atoms with Crippen molar-refractivity contribution in [1.29, 1.82) is 0 Å². The third kappa shape index (κ3) is 4.02. The van der Waals surface area contributed by atoms with E-state index in [0.717, 1.165) is 13.0 Å². The van der Waals surface area contributed by atoms with Gasteiger partial charge in [0.2, 0.25) is 5.75 Å². The van der Waals surface area contributed by atoms with E-state index in [-0.39, 0.29) is 6.03 Å². The van der Waals surface area contributed by atoms with Gasteiger partial charge in [-0.15, -0.1) is 0 Å². The molecular formula is C20H24N2O4. The quantitative estimate of drug-likeness (QED) is 0.809. The highest BCUT2D eigenvalue weighted by Gasteiger charge is 2.20. The number of amides is 2. The van der Waals surface area contributed by atoms with Gasteiger partial charge in [0.15, 0.2) is 11.5 Å². The fraction of sp³-hybridized carbons (Fsp3) is 0.350. The van der Waals surface area contributed by atoms with Crippen LogP contribution in [0.3, 0.4) is 0 Å². The highest BCUT2D eigenvalue weighted by Crippen LogP contribution is 2.36. The minimum absolute atomic E-state index is 0.0688. The molecule has 0 saturated carbocycles. The third-order valence-electron chi connectivity index (χ3n) is 4.42. The Bertz CT molecular complexity index is 763. The molecule has 2 aromatic carbocycles. The number of hydrogen-bond donors (Lipinski definition) is 1. The van der Waals surface area contributed by atoms with E-state index in [9.17, 15) is 4.79 Å². The average molecular weight is 356 g/mol. The Morgan fingerprint density at radius 3 is 2.58 bits per heavy atom. The van der Waals surface area contributed by atoms with E-state index in [1.165, 1.54) is 11.1 Å². The van der Waals surface area contributed by atoms with Crippen LogP contribution < -0.4 is 19.5 Å². The molecule has 2 aromatic rings. The zero-order chi connectivity index (χ0) is 18.4. The Kier molecular flexibility index (Phi) is 5.84. The Morgan fingerprint density at radius 2 is 1.81 bits per heavy atom. The number of para-hydroxylation sites is 1. The first-order chi connectivity index (χ1) is 12.7. The van der Waals surface area contributed by atoms with Crippen molar-refractivity contribution in [2.45, 2.75) is 13.0 Å². The molecule has 26 heavy (non-hydrogen) atoms. The van der Waals surface area contributed by atoms with Crippen LogP contribution in [0.15, 0.2) is 42.5 Å². The first kappa shape index (κ1) is 17.9. The maximum atomic E-state index is 12.4. The first-order valence-electron chi connectivity index (χ1n) is 8.66. The molecular weight excluding hydrogens is 332 g/mol. The molecule has 0 spiro atoms. The number of carbonyl (C=O) groups excluding carboxylic acids is 1. The summed E-state index contributed by atoms with van der Waals surface area (Å²) in [7, 11) is 3.15. The lowest BCUT2D eigenvalue weighted by Crippen LogP contribution is -2.43. The van der Waals surface area contributed by atoms with Crippen molar-refractivity contribution in [3.8, 4) is 17.2 Å². The molecule has 1 aliphatic rings. The molecule has 6 nitrogen and oxygen atoms in total. The number of nitrogens with zero attached hydrogens (tertiary/aromatic N) is 1. The van der Waals surface area contributed by atoms with Crippen molar-refractivity contribution < 1.29 is 19.0 Å². The summed E-state index contributed by atoms with van der Waals surface area (Å²) in [5.74, 6) is 1.75. The number of carbonyl (C=O) groups is 1. The summed E-state index contributed by atoms with van der Waals surface area (Å²) in [6.07, 6.45) is 0.890. The van der Waals surface area contributed by atoms with Crippen LogP contribution in [0.4, 0.5) is 4.79 Å². The van der Waals surface area contributed by atoms with Crippen molar-refractivity contribution in [2.24, 2.45) is 0 Å². The fourth-order valence-electron chi connectivity index (χ4n) is 3.07. The van der Waals surface area contributed by atoms with E-state index in [1.807, 2.05) is 35.2 Å². The number of ether oxygens (including phenoxy) is 3. The van der Waals surface area contributed by atoms with E-state index in [4.69, 9.17) is 14.2 Å². The van der Waals surface area contributed by atoms with Gasteiger partial charge in [0.05, 0.1) is 20.8 Å². The van der Waals surface area contributed by atoms with E-state index in [2.05, 4.69) is 17.4 Å². The van der Waals surface area contributed by atoms with Gasteiger partial charge >= 0.3 is 6.03 Å². The van der Waals surface area contributed by atoms with E-state index >= 15 is 0 Å². The minimum Gasteiger partial charge on any atom is -0.493 e. The Labute approximate surface area is 153 Å². The third-order valence-corrected chi connectivity index (χ3v) is 4.42. The second-order valence-electron chi connectivity index (χ2n) is 6.01. The Morgan fingerprint density at radius 1 is 1.04 bits per heavy atom. The van der Waals surface area contributed by atoms with Crippen LogP contribution in [0.25, 0.3) is 0 Å². The first-order valence-corrected chi connectivity index (χ1v) is 8.66. The molecule has 3 rings (SSSR count). The van der Waals surface area contributed by atoms with Crippen molar-refractivity contribution >= 4 is 6.03 Å². The Balaban J connectivity index is 1.48. The summed E-state index contributed by atoms with van der Waals surface area (Å²) < 4.78 is 16.3. The summed E-state index contributed by atoms with van der Waals surface area (Å²) in [5.41, 5.74) is 2.54. The van der Waals surface area contributed by atoms with Crippen molar-refractivity contribution in [2.75, 3.05) is 33.9 Å². The molecule has 0 aliphatic carbocycles. The van der Waals surface area contributed by atoms with Crippen molar-refractivity contribution in [1.82, 2.24) is 10.2 Å². The number of benzene rings is 2. The SMILES string of the molecule is COc1cccc(OCCNC(=O)N2CCc3ccccc3C2)c1OC. The molecule has 0 fully saturated rings. The smallest absolute Gasteiger partial charge is 0.317 e. The highest BCUT2D eigenvalue weighted by molar-refractivity contribution is 5.74. The summed E-state index contributed by atoms with van der Waals surface area (Å²) >= 11 is 0. The molecule has 0 saturated heterocycles. The second-order valence-corrected chi connectivity index (χ2v) is 6.01. The number of hydrogen-bond acceptors (Lipinski definition) is 4. The summed E-state index contributed by atoms with van der Waals surface area (Å²) in [6, 6.07) is 13.6. The Hall–Kier alpha value is -2.89. The normalized spacial score (nSPS) is 12.9. The van der Waals surface area contributed by atoms with Gasteiger partial charge in [0, 0.05) is 13.1 Å². The molecule has 0 bridgehead atoms. The standard InChI is InChI=1S/C20H24N2O4/c1-24-17-8-5-9-18(19(17)25-2)26-13-11-21-20(23)22-12-10-15-6-3-4-7-16(15)14-22/h3-9H,10-14H2,1-2H3,(H,21,23). The summed E-state index contributed by atoms with van der Waals surface area (Å²) in [6.45, 7) is 2.14. The number of fused-ring (bicyclic) bond motifs is 1. The van der Waals surface area contributed by atoms with Crippen LogP contribution in [-0.4, -0.2) is 44.8 Å². The maximum absolute atomic E-state index is 12.4. The van der Waals surface area contributed by atoms with Crippen LogP contribution in [-0.2, 0) is 13.0 Å². The average Bonchev–Trinajstić information content (AvgIpc) is 2.70. The second kappa shape index (κ2) is 8.47. The molecule has 6 heteroatoms. The largest absolute Gasteiger partial charge is 0.493 e. The molecule has 1 N–H and O–H groups in total. The predicted molar refractivity (Wildman–Crippen MR) is 99.0 cm³/mol. The number of urea groups is 1. The van der Waals surface area contributed by atoms with Gasteiger partial charge in [-0.1, -0.05) is 30.3 Å². The minimum atomic E-state index is -0.0688. The molecule has 0 atom stereocenters. The molecule has 0 unspecified atom stereocenters.